The number of amides is 1. The molecule has 0 aromatic rings. The van der Waals surface area contributed by atoms with E-state index in [1.807, 2.05) is 0 Å². The summed E-state index contributed by atoms with van der Waals surface area (Å²) < 4.78 is 5.94. The molecule has 358 valence electrons. The van der Waals surface area contributed by atoms with Gasteiger partial charge in [-0.1, -0.05) is 243 Å². The van der Waals surface area contributed by atoms with Gasteiger partial charge in [0.25, 0.3) is 0 Å². The molecule has 0 aliphatic carbocycles. The van der Waals surface area contributed by atoms with Crippen LogP contribution >= 0.6 is 0 Å². The van der Waals surface area contributed by atoms with Gasteiger partial charge in [-0.05, 0) is 57.8 Å². The summed E-state index contributed by atoms with van der Waals surface area (Å²) in [6.07, 6.45) is 57.8. The van der Waals surface area contributed by atoms with Crippen molar-refractivity contribution < 1.29 is 24.5 Å². The van der Waals surface area contributed by atoms with Crippen LogP contribution in [0.15, 0.2) is 36.5 Å². The average molecular weight is 858 g/mol. The maximum Gasteiger partial charge on any atom is 0.306 e. The molecular weight excluding hydrogens is 755 g/mol. The molecule has 0 aromatic carbocycles. The van der Waals surface area contributed by atoms with Crippen LogP contribution in [0.25, 0.3) is 0 Å². The van der Waals surface area contributed by atoms with E-state index in [2.05, 4.69) is 62.5 Å². The molecule has 0 saturated carbocycles. The van der Waals surface area contributed by atoms with E-state index >= 15 is 0 Å². The fourth-order valence-corrected chi connectivity index (χ4v) is 8.21. The first-order valence-corrected chi connectivity index (χ1v) is 26.7. The molecule has 0 saturated heterocycles. The summed E-state index contributed by atoms with van der Waals surface area (Å²) >= 11 is 0. The average Bonchev–Trinajstić information content (AvgIpc) is 3.25. The molecule has 6 nitrogen and oxygen atoms in total. The monoisotopic (exact) mass is 858 g/mol. The largest absolute Gasteiger partial charge is 0.462 e. The van der Waals surface area contributed by atoms with Crippen LogP contribution in [0.1, 0.15) is 278 Å². The Kier molecular flexibility index (Phi) is 47.6. The standard InChI is InChI=1S/C55H103NO5/c1-4-7-10-13-16-19-22-24-26-27-28-30-33-36-39-42-45-48-55(60)61-51(46-43-40-37-34-32-29-25-23-20-17-14-11-8-5-2)49-54(59)56-52(50-57)53(58)47-44-41-38-35-31-21-18-15-12-9-6-3/h8,11,17,20,25,29,51-53,57-58H,4-7,9-10,12-16,18-19,21-24,26-28,30-50H2,1-3H3,(H,56,59)/b11-8+,20-17+,29-25+. The number of esters is 1. The summed E-state index contributed by atoms with van der Waals surface area (Å²) in [7, 11) is 0. The van der Waals surface area contributed by atoms with Gasteiger partial charge < -0.3 is 20.3 Å². The third-order valence-corrected chi connectivity index (χ3v) is 12.2. The number of carbonyl (C=O) groups excluding carboxylic acids is 2. The molecule has 0 bridgehead atoms. The van der Waals surface area contributed by atoms with E-state index in [4.69, 9.17) is 4.74 Å². The second-order valence-electron chi connectivity index (χ2n) is 18.3. The van der Waals surface area contributed by atoms with E-state index in [1.54, 1.807) is 0 Å². The van der Waals surface area contributed by atoms with Crippen molar-refractivity contribution in [2.45, 2.75) is 296 Å². The number of aliphatic hydroxyl groups is 2. The van der Waals surface area contributed by atoms with Crippen molar-refractivity contribution in [3.63, 3.8) is 0 Å². The molecule has 0 rings (SSSR count). The summed E-state index contributed by atoms with van der Waals surface area (Å²) in [6, 6.07) is -0.705. The zero-order valence-electron chi connectivity index (χ0n) is 40.8. The van der Waals surface area contributed by atoms with E-state index in [1.165, 1.54) is 141 Å². The Morgan fingerprint density at radius 1 is 0.492 bits per heavy atom. The van der Waals surface area contributed by atoms with Crippen LogP contribution in [0.2, 0.25) is 0 Å². The van der Waals surface area contributed by atoms with E-state index in [0.717, 1.165) is 89.9 Å². The predicted molar refractivity (Wildman–Crippen MR) is 264 cm³/mol. The maximum absolute atomic E-state index is 13.2. The molecule has 3 unspecified atom stereocenters. The van der Waals surface area contributed by atoms with Gasteiger partial charge >= 0.3 is 5.97 Å². The Morgan fingerprint density at radius 3 is 1.34 bits per heavy atom. The second-order valence-corrected chi connectivity index (χ2v) is 18.3. The normalized spacial score (nSPS) is 13.5. The Labute approximate surface area is 379 Å². The number of nitrogens with one attached hydrogen (secondary N) is 1. The lowest BCUT2D eigenvalue weighted by atomic mass is 10.0. The summed E-state index contributed by atoms with van der Waals surface area (Å²) in [6.45, 7) is 6.38. The molecule has 3 N–H and O–H groups in total. The predicted octanol–water partition coefficient (Wildman–Crippen LogP) is 16.1. The smallest absolute Gasteiger partial charge is 0.306 e. The number of carbonyl (C=O) groups is 2. The van der Waals surface area contributed by atoms with Crippen LogP contribution in [0, 0.1) is 0 Å². The van der Waals surface area contributed by atoms with Gasteiger partial charge in [0.1, 0.15) is 6.10 Å². The molecule has 0 aliphatic rings. The minimum Gasteiger partial charge on any atom is -0.462 e. The zero-order valence-corrected chi connectivity index (χ0v) is 40.8. The summed E-state index contributed by atoms with van der Waals surface area (Å²) in [5.74, 6) is -0.484. The summed E-state index contributed by atoms with van der Waals surface area (Å²) in [4.78, 5) is 26.2. The molecule has 0 heterocycles. The first-order chi connectivity index (χ1) is 30.0. The van der Waals surface area contributed by atoms with Crippen LogP contribution in [0.3, 0.4) is 0 Å². The zero-order chi connectivity index (χ0) is 44.5. The Morgan fingerprint density at radius 2 is 0.885 bits per heavy atom. The molecule has 0 fully saturated rings. The molecule has 6 heteroatoms. The fraction of sp³-hybridized carbons (Fsp3) is 0.855. The van der Waals surface area contributed by atoms with E-state index in [-0.39, 0.29) is 24.9 Å². The van der Waals surface area contributed by atoms with Gasteiger partial charge in [-0.25, -0.2) is 0 Å². The van der Waals surface area contributed by atoms with Crippen LogP contribution < -0.4 is 5.32 Å². The minimum atomic E-state index is -0.791. The van der Waals surface area contributed by atoms with Crippen LogP contribution in [0.5, 0.6) is 0 Å². The highest BCUT2D eigenvalue weighted by Crippen LogP contribution is 2.18. The van der Waals surface area contributed by atoms with E-state index < -0.39 is 18.2 Å². The van der Waals surface area contributed by atoms with Crippen LogP contribution in [-0.2, 0) is 14.3 Å². The van der Waals surface area contributed by atoms with Crippen molar-refractivity contribution in [2.75, 3.05) is 6.61 Å². The molecule has 61 heavy (non-hydrogen) atoms. The highest BCUT2D eigenvalue weighted by atomic mass is 16.5. The lowest BCUT2D eigenvalue weighted by Gasteiger charge is -2.24. The van der Waals surface area contributed by atoms with Gasteiger partial charge in [0.05, 0.1) is 25.2 Å². The number of allylic oxidation sites excluding steroid dienone is 6. The van der Waals surface area contributed by atoms with Crippen LogP contribution in [0.4, 0.5) is 0 Å². The van der Waals surface area contributed by atoms with Gasteiger partial charge in [-0.2, -0.15) is 0 Å². The van der Waals surface area contributed by atoms with Gasteiger partial charge in [-0.15, -0.1) is 0 Å². The molecule has 0 aliphatic heterocycles. The van der Waals surface area contributed by atoms with Gasteiger partial charge in [0.15, 0.2) is 0 Å². The second kappa shape index (κ2) is 49.1. The maximum atomic E-state index is 13.2. The lowest BCUT2D eigenvalue weighted by molar-refractivity contribution is -0.151. The Balaban J connectivity index is 4.55. The quantitative estimate of drug-likeness (QED) is 0.0322. The fourth-order valence-electron chi connectivity index (χ4n) is 8.21. The number of aliphatic hydroxyl groups excluding tert-OH is 2. The van der Waals surface area contributed by atoms with E-state index in [0.29, 0.717) is 19.3 Å². The number of rotatable bonds is 48. The number of hydrogen-bond acceptors (Lipinski definition) is 5. The van der Waals surface area contributed by atoms with Gasteiger partial charge in [0.2, 0.25) is 5.91 Å². The number of ether oxygens (including phenoxy) is 1. The SMILES string of the molecule is CC/C=C/C/C=C/C/C=C/CCCCCCC(CC(=O)NC(CO)C(O)CCCCCCCCCCCCC)OC(=O)CCCCCCCCCCCCCCCCCCC. The Bertz CT molecular complexity index is 1010. The highest BCUT2D eigenvalue weighted by molar-refractivity contribution is 5.77. The van der Waals surface area contributed by atoms with Crippen molar-refractivity contribution in [1.82, 2.24) is 5.32 Å². The lowest BCUT2D eigenvalue weighted by Crippen LogP contribution is -2.46. The molecule has 3 atom stereocenters. The molecular formula is C55H103NO5. The topological polar surface area (TPSA) is 95.9 Å². The minimum absolute atomic E-state index is 0.0664. The summed E-state index contributed by atoms with van der Waals surface area (Å²) in [5.41, 5.74) is 0. The number of unbranched alkanes of at least 4 members (excludes halogenated alkanes) is 30. The highest BCUT2D eigenvalue weighted by Gasteiger charge is 2.24. The van der Waals surface area contributed by atoms with Crippen molar-refractivity contribution in [3.05, 3.63) is 36.5 Å². The van der Waals surface area contributed by atoms with Gasteiger partial charge in [-0.3, -0.25) is 9.59 Å². The molecule has 0 spiro atoms. The first-order valence-electron chi connectivity index (χ1n) is 26.7. The third-order valence-electron chi connectivity index (χ3n) is 12.2. The molecule has 0 radical (unpaired) electrons. The molecule has 0 aromatic heterocycles. The van der Waals surface area contributed by atoms with Gasteiger partial charge in [0, 0.05) is 6.42 Å². The summed E-state index contributed by atoms with van der Waals surface area (Å²) in [5, 5.41) is 23.7. The van der Waals surface area contributed by atoms with Crippen molar-refractivity contribution in [2.24, 2.45) is 0 Å². The van der Waals surface area contributed by atoms with Crippen molar-refractivity contribution in [3.8, 4) is 0 Å². The van der Waals surface area contributed by atoms with Crippen molar-refractivity contribution >= 4 is 11.9 Å². The third kappa shape index (κ3) is 44.5. The van der Waals surface area contributed by atoms with E-state index in [9.17, 15) is 19.8 Å². The number of hydrogen-bond donors (Lipinski definition) is 3. The van der Waals surface area contributed by atoms with Crippen molar-refractivity contribution in [1.29, 1.82) is 0 Å². The van der Waals surface area contributed by atoms with Crippen LogP contribution in [-0.4, -0.2) is 46.9 Å². The first kappa shape index (κ1) is 59.1. The molecule has 1 amide bonds. The Hall–Kier alpha value is -1.92.